The van der Waals surface area contributed by atoms with E-state index in [1.165, 1.54) is 6.20 Å². The van der Waals surface area contributed by atoms with Crippen molar-refractivity contribution in [1.29, 1.82) is 5.26 Å². The van der Waals surface area contributed by atoms with Crippen LogP contribution in [0.15, 0.2) is 47.8 Å². The van der Waals surface area contributed by atoms with E-state index in [2.05, 4.69) is 9.97 Å². The predicted octanol–water partition coefficient (Wildman–Crippen LogP) is 1.32. The molecular formula is C12H9N3O2S. The van der Waals surface area contributed by atoms with Gasteiger partial charge in [0.25, 0.3) is 0 Å². The predicted molar refractivity (Wildman–Crippen MR) is 64.1 cm³/mol. The molecule has 0 unspecified atom stereocenters. The van der Waals surface area contributed by atoms with Gasteiger partial charge in [0.1, 0.15) is 6.07 Å². The monoisotopic (exact) mass is 259 g/mol. The molecule has 6 heteroatoms. The Morgan fingerprint density at radius 2 is 1.89 bits per heavy atom. The lowest BCUT2D eigenvalue weighted by atomic mass is 10.2. The van der Waals surface area contributed by atoms with Crippen molar-refractivity contribution in [1.82, 2.24) is 9.97 Å². The lowest BCUT2D eigenvalue weighted by molar-refractivity contribution is 0.590. The van der Waals surface area contributed by atoms with Crippen LogP contribution in [0.25, 0.3) is 0 Å². The normalized spacial score (nSPS) is 10.8. The van der Waals surface area contributed by atoms with Crippen molar-refractivity contribution in [3.63, 3.8) is 0 Å². The van der Waals surface area contributed by atoms with Gasteiger partial charge in [-0.25, -0.2) is 13.4 Å². The first-order valence-electron chi connectivity index (χ1n) is 5.10. The van der Waals surface area contributed by atoms with E-state index in [9.17, 15) is 8.42 Å². The number of benzene rings is 1. The molecular weight excluding hydrogens is 250 g/mol. The Morgan fingerprint density at radius 1 is 1.17 bits per heavy atom. The van der Waals surface area contributed by atoms with Gasteiger partial charge in [-0.15, -0.1) is 0 Å². The fourth-order valence-electron chi connectivity index (χ4n) is 1.42. The Kier molecular flexibility index (Phi) is 3.35. The molecule has 0 saturated heterocycles. The van der Waals surface area contributed by atoms with Crippen molar-refractivity contribution in [2.45, 2.75) is 10.8 Å². The molecule has 0 aliphatic heterocycles. The standard InChI is InChI=1S/C12H9N3O2S/c13-6-11-7-14-8-12(15-11)18(16,17)9-10-4-2-1-3-5-10/h1-5,7-8H,9H2. The van der Waals surface area contributed by atoms with Crippen LogP contribution >= 0.6 is 0 Å². The maximum Gasteiger partial charge on any atom is 0.201 e. The molecule has 0 radical (unpaired) electrons. The van der Waals surface area contributed by atoms with Crippen LogP contribution in [-0.2, 0) is 15.6 Å². The largest absolute Gasteiger partial charge is 0.259 e. The summed E-state index contributed by atoms with van der Waals surface area (Å²) >= 11 is 0. The number of nitriles is 1. The lowest BCUT2D eigenvalue weighted by Gasteiger charge is -2.03. The maximum atomic E-state index is 12.1. The minimum atomic E-state index is -3.57. The molecule has 0 amide bonds. The zero-order valence-corrected chi connectivity index (χ0v) is 10.1. The maximum absolute atomic E-state index is 12.1. The van der Waals surface area contributed by atoms with Crippen LogP contribution in [0.3, 0.4) is 0 Å². The van der Waals surface area contributed by atoms with Gasteiger partial charge in [-0.1, -0.05) is 30.3 Å². The van der Waals surface area contributed by atoms with E-state index in [0.717, 1.165) is 6.20 Å². The van der Waals surface area contributed by atoms with Gasteiger partial charge in [0, 0.05) is 0 Å². The highest BCUT2D eigenvalue weighted by atomic mass is 32.2. The summed E-state index contributed by atoms with van der Waals surface area (Å²) in [5.41, 5.74) is 0.658. The first kappa shape index (κ1) is 12.2. The third-order valence-corrected chi connectivity index (χ3v) is 3.79. The first-order chi connectivity index (χ1) is 8.62. The molecule has 0 fully saturated rings. The second kappa shape index (κ2) is 4.94. The van der Waals surface area contributed by atoms with Crippen LogP contribution < -0.4 is 0 Å². The minimum Gasteiger partial charge on any atom is -0.259 e. The Bertz CT molecular complexity index is 691. The number of rotatable bonds is 3. The van der Waals surface area contributed by atoms with Crippen molar-refractivity contribution < 1.29 is 8.42 Å². The fourth-order valence-corrected chi connectivity index (χ4v) is 2.66. The Hall–Kier alpha value is -2.26. The van der Waals surface area contributed by atoms with Crippen molar-refractivity contribution in [2.75, 3.05) is 0 Å². The van der Waals surface area contributed by atoms with E-state index in [1.807, 2.05) is 6.07 Å². The third kappa shape index (κ3) is 2.70. The van der Waals surface area contributed by atoms with Gasteiger partial charge in [-0.2, -0.15) is 5.26 Å². The Labute approximate surface area is 105 Å². The smallest absolute Gasteiger partial charge is 0.201 e. The first-order valence-corrected chi connectivity index (χ1v) is 6.76. The fraction of sp³-hybridized carbons (Fsp3) is 0.0833. The molecule has 1 heterocycles. The molecule has 90 valence electrons. The van der Waals surface area contributed by atoms with E-state index < -0.39 is 9.84 Å². The number of sulfone groups is 1. The van der Waals surface area contributed by atoms with Crippen LogP contribution in [0.2, 0.25) is 0 Å². The molecule has 1 aromatic carbocycles. The van der Waals surface area contributed by atoms with Gasteiger partial charge in [-0.05, 0) is 5.56 Å². The highest BCUT2D eigenvalue weighted by Crippen LogP contribution is 2.13. The van der Waals surface area contributed by atoms with Crippen molar-refractivity contribution in [3.05, 3.63) is 54.0 Å². The molecule has 0 saturated carbocycles. The summed E-state index contributed by atoms with van der Waals surface area (Å²) in [6.45, 7) is 0. The van der Waals surface area contributed by atoms with Gasteiger partial charge in [0.15, 0.2) is 10.7 Å². The molecule has 0 aliphatic rings. The number of nitrogens with zero attached hydrogens (tertiary/aromatic N) is 3. The van der Waals surface area contributed by atoms with Crippen molar-refractivity contribution >= 4 is 9.84 Å². The molecule has 5 nitrogen and oxygen atoms in total. The van der Waals surface area contributed by atoms with Crippen LogP contribution in [0.1, 0.15) is 11.3 Å². The van der Waals surface area contributed by atoms with Crippen molar-refractivity contribution in [3.8, 4) is 6.07 Å². The number of hydrogen-bond acceptors (Lipinski definition) is 5. The van der Waals surface area contributed by atoms with E-state index in [0.29, 0.717) is 5.56 Å². The van der Waals surface area contributed by atoms with E-state index in [4.69, 9.17) is 5.26 Å². The SMILES string of the molecule is N#Cc1cncc(S(=O)(=O)Cc2ccccc2)n1. The van der Waals surface area contributed by atoms with Gasteiger partial charge < -0.3 is 0 Å². The zero-order chi connectivity index (χ0) is 13.0. The molecule has 0 atom stereocenters. The van der Waals surface area contributed by atoms with Gasteiger partial charge >= 0.3 is 0 Å². The quantitative estimate of drug-likeness (QED) is 0.830. The molecule has 0 bridgehead atoms. The van der Waals surface area contributed by atoms with Gasteiger partial charge in [0.05, 0.1) is 18.1 Å². The van der Waals surface area contributed by atoms with Gasteiger partial charge in [0.2, 0.25) is 9.84 Å². The van der Waals surface area contributed by atoms with E-state index in [1.54, 1.807) is 30.3 Å². The summed E-state index contributed by atoms with van der Waals surface area (Å²) in [6.07, 6.45) is 2.38. The number of aromatic nitrogens is 2. The van der Waals surface area contributed by atoms with E-state index in [-0.39, 0.29) is 16.5 Å². The highest BCUT2D eigenvalue weighted by Gasteiger charge is 2.17. The molecule has 18 heavy (non-hydrogen) atoms. The average molecular weight is 259 g/mol. The van der Waals surface area contributed by atoms with Crippen molar-refractivity contribution in [2.24, 2.45) is 0 Å². The summed E-state index contributed by atoms with van der Waals surface area (Å²) in [7, 11) is -3.57. The summed E-state index contributed by atoms with van der Waals surface area (Å²) in [5.74, 6) is -0.155. The minimum absolute atomic E-state index is 0.0101. The summed E-state index contributed by atoms with van der Waals surface area (Å²) < 4.78 is 24.1. The topological polar surface area (TPSA) is 83.7 Å². The Balaban J connectivity index is 2.34. The summed E-state index contributed by atoms with van der Waals surface area (Å²) in [5, 5.41) is 8.49. The molecule has 0 spiro atoms. The van der Waals surface area contributed by atoms with Crippen LogP contribution in [0, 0.1) is 11.3 Å². The molecule has 0 N–H and O–H groups in total. The van der Waals surface area contributed by atoms with Gasteiger partial charge in [-0.3, -0.25) is 4.98 Å². The second-order valence-electron chi connectivity index (χ2n) is 3.60. The molecule has 2 rings (SSSR count). The van der Waals surface area contributed by atoms with Crippen LogP contribution in [-0.4, -0.2) is 18.4 Å². The van der Waals surface area contributed by atoms with Crippen LogP contribution in [0.4, 0.5) is 0 Å². The molecule has 0 aliphatic carbocycles. The zero-order valence-electron chi connectivity index (χ0n) is 9.31. The lowest BCUT2D eigenvalue weighted by Crippen LogP contribution is -2.08. The molecule has 2 aromatic rings. The summed E-state index contributed by atoms with van der Waals surface area (Å²) in [6, 6.07) is 10.6. The third-order valence-electron chi connectivity index (χ3n) is 2.25. The number of hydrogen-bond donors (Lipinski definition) is 0. The summed E-state index contributed by atoms with van der Waals surface area (Å²) in [4.78, 5) is 7.45. The second-order valence-corrected chi connectivity index (χ2v) is 5.54. The van der Waals surface area contributed by atoms with E-state index >= 15 is 0 Å². The Morgan fingerprint density at radius 3 is 2.56 bits per heavy atom. The van der Waals surface area contributed by atoms with Crippen LogP contribution in [0.5, 0.6) is 0 Å². The highest BCUT2D eigenvalue weighted by molar-refractivity contribution is 7.90. The average Bonchev–Trinajstić information content (AvgIpc) is 2.39. The molecule has 1 aromatic heterocycles.